The number of nitrogens with zero attached hydrogens (tertiary/aromatic N) is 3. The molecule has 0 fully saturated rings. The average Bonchev–Trinajstić information content (AvgIpc) is 3.63. The lowest BCUT2D eigenvalue weighted by molar-refractivity contribution is 0.0816. The minimum Gasteiger partial charge on any atom is -0.337 e. The van der Waals surface area contributed by atoms with Crippen LogP contribution in [0.3, 0.4) is 0 Å². The number of fused-ring (bicyclic) bond motifs is 3. The first-order valence-electron chi connectivity index (χ1n) is 13.6. The highest BCUT2D eigenvalue weighted by Gasteiger charge is 2.38. The van der Waals surface area contributed by atoms with Gasteiger partial charge in [-0.15, -0.1) is 0 Å². The monoisotopic (exact) mass is 533 g/mol. The minimum absolute atomic E-state index is 0.0336. The van der Waals surface area contributed by atoms with E-state index in [0.29, 0.717) is 17.8 Å². The van der Waals surface area contributed by atoms with Crippen LogP contribution >= 0.6 is 0 Å². The van der Waals surface area contributed by atoms with E-state index < -0.39 is 5.54 Å². The SMILES string of the molecule is CN1Cc2c(ccc3cc(C(=O)c4cn(C(c5ccccc5)(c5ccccc5)c5ccccc5)cn4)ccc23)C1=O. The molecule has 6 aromatic rings. The number of aromatic nitrogens is 2. The third kappa shape index (κ3) is 3.89. The second kappa shape index (κ2) is 9.72. The standard InChI is InChI=1S/C36H27N3O2/c1-38-22-32-30-19-18-26(21-25(30)17-20-31(32)35(38)41)34(40)33-23-39(24-37-33)36(27-11-5-2-6-12-27,28-13-7-3-8-14-28)29-15-9-4-10-16-29/h2-21,23-24H,22H2,1H3. The van der Waals surface area contributed by atoms with Crippen molar-refractivity contribution in [3.05, 3.63) is 173 Å². The Hall–Kier alpha value is -5.29. The number of amides is 1. The van der Waals surface area contributed by atoms with Crippen molar-refractivity contribution in [3.8, 4) is 0 Å². The van der Waals surface area contributed by atoms with Gasteiger partial charge in [0.25, 0.3) is 5.91 Å². The first kappa shape index (κ1) is 24.7. The van der Waals surface area contributed by atoms with Gasteiger partial charge in [-0.05, 0) is 45.2 Å². The van der Waals surface area contributed by atoms with Crippen molar-refractivity contribution >= 4 is 22.5 Å². The molecule has 7 rings (SSSR count). The molecule has 0 aliphatic carbocycles. The summed E-state index contributed by atoms with van der Waals surface area (Å²) in [6.07, 6.45) is 3.62. The molecule has 0 radical (unpaired) electrons. The zero-order valence-electron chi connectivity index (χ0n) is 22.6. The molecule has 0 N–H and O–H groups in total. The maximum Gasteiger partial charge on any atom is 0.254 e. The fourth-order valence-corrected chi connectivity index (χ4v) is 6.18. The molecule has 198 valence electrons. The van der Waals surface area contributed by atoms with Gasteiger partial charge in [0, 0.05) is 30.9 Å². The molecule has 1 amide bonds. The lowest BCUT2D eigenvalue weighted by Gasteiger charge is -2.37. The van der Waals surface area contributed by atoms with E-state index in [1.165, 1.54) is 0 Å². The number of ketones is 1. The molecule has 2 heterocycles. The van der Waals surface area contributed by atoms with E-state index in [-0.39, 0.29) is 11.7 Å². The van der Waals surface area contributed by atoms with E-state index in [1.807, 2.05) is 98.2 Å². The summed E-state index contributed by atoms with van der Waals surface area (Å²) in [5, 5.41) is 1.93. The molecule has 5 heteroatoms. The van der Waals surface area contributed by atoms with Gasteiger partial charge in [0.05, 0.1) is 6.33 Å². The first-order chi connectivity index (χ1) is 20.1. The number of carbonyl (C=O) groups excluding carboxylic acids is 2. The molecule has 5 nitrogen and oxygen atoms in total. The Kier molecular flexibility index (Phi) is 5.86. The second-order valence-corrected chi connectivity index (χ2v) is 10.5. The molecule has 41 heavy (non-hydrogen) atoms. The lowest BCUT2D eigenvalue weighted by Crippen LogP contribution is -2.37. The van der Waals surface area contributed by atoms with Gasteiger partial charge in [-0.25, -0.2) is 4.98 Å². The van der Waals surface area contributed by atoms with Gasteiger partial charge in [-0.1, -0.05) is 109 Å². The molecule has 1 aliphatic rings. The van der Waals surface area contributed by atoms with E-state index >= 15 is 0 Å². The maximum atomic E-state index is 13.8. The van der Waals surface area contributed by atoms with E-state index in [0.717, 1.165) is 38.6 Å². The van der Waals surface area contributed by atoms with Gasteiger partial charge in [0.2, 0.25) is 5.78 Å². The number of benzene rings is 5. The summed E-state index contributed by atoms with van der Waals surface area (Å²) in [7, 11) is 1.81. The Morgan fingerprint density at radius 3 is 1.93 bits per heavy atom. The van der Waals surface area contributed by atoms with Crippen LogP contribution in [0.2, 0.25) is 0 Å². The van der Waals surface area contributed by atoms with Crippen molar-refractivity contribution in [2.45, 2.75) is 12.1 Å². The molecule has 1 aliphatic heterocycles. The molecular weight excluding hydrogens is 506 g/mol. The molecule has 0 unspecified atom stereocenters. The van der Waals surface area contributed by atoms with Gasteiger partial charge in [-0.2, -0.15) is 0 Å². The summed E-state index contributed by atoms with van der Waals surface area (Å²) >= 11 is 0. The van der Waals surface area contributed by atoms with Gasteiger partial charge >= 0.3 is 0 Å². The van der Waals surface area contributed by atoms with Crippen LogP contribution in [0, 0.1) is 0 Å². The Bertz CT molecular complexity index is 1810. The molecule has 1 aromatic heterocycles. The van der Waals surface area contributed by atoms with Crippen molar-refractivity contribution in [2.75, 3.05) is 7.05 Å². The predicted molar refractivity (Wildman–Crippen MR) is 160 cm³/mol. The third-order valence-electron chi connectivity index (χ3n) is 8.14. The van der Waals surface area contributed by atoms with Crippen LogP contribution in [-0.2, 0) is 12.1 Å². The molecule has 0 atom stereocenters. The summed E-state index contributed by atoms with van der Waals surface area (Å²) < 4.78 is 2.05. The van der Waals surface area contributed by atoms with Crippen LogP contribution in [0.15, 0.2) is 134 Å². The van der Waals surface area contributed by atoms with Crippen molar-refractivity contribution < 1.29 is 9.59 Å². The molecule has 0 saturated carbocycles. The number of hydrogen-bond acceptors (Lipinski definition) is 3. The Morgan fingerprint density at radius 1 is 0.756 bits per heavy atom. The van der Waals surface area contributed by atoms with E-state index in [1.54, 1.807) is 11.2 Å². The fraction of sp³-hybridized carbons (Fsp3) is 0.0833. The zero-order chi connectivity index (χ0) is 28.0. The number of rotatable bonds is 6. The normalized spacial score (nSPS) is 13.0. The van der Waals surface area contributed by atoms with E-state index in [9.17, 15) is 9.59 Å². The molecule has 0 bridgehead atoms. The average molecular weight is 534 g/mol. The smallest absolute Gasteiger partial charge is 0.254 e. The highest BCUT2D eigenvalue weighted by molar-refractivity contribution is 6.11. The summed E-state index contributed by atoms with van der Waals surface area (Å²) in [6.45, 7) is 0.573. The topological polar surface area (TPSA) is 55.2 Å². The predicted octanol–water partition coefficient (Wildman–Crippen LogP) is 6.69. The lowest BCUT2D eigenvalue weighted by atomic mass is 9.77. The summed E-state index contributed by atoms with van der Waals surface area (Å²) in [5.41, 5.74) is 5.12. The molecule has 0 spiro atoms. The fourth-order valence-electron chi connectivity index (χ4n) is 6.18. The Morgan fingerprint density at radius 2 is 1.34 bits per heavy atom. The summed E-state index contributed by atoms with van der Waals surface area (Å²) in [6, 6.07) is 40.4. The Balaban J connectivity index is 1.35. The number of hydrogen-bond donors (Lipinski definition) is 0. The van der Waals surface area contributed by atoms with Crippen LogP contribution in [-0.4, -0.2) is 33.2 Å². The van der Waals surface area contributed by atoms with E-state index in [2.05, 4.69) is 45.9 Å². The van der Waals surface area contributed by atoms with Crippen molar-refractivity contribution in [2.24, 2.45) is 0 Å². The van der Waals surface area contributed by atoms with Crippen LogP contribution < -0.4 is 0 Å². The summed E-state index contributed by atoms with van der Waals surface area (Å²) in [4.78, 5) is 32.7. The van der Waals surface area contributed by atoms with Gasteiger partial charge in [0.1, 0.15) is 11.2 Å². The minimum atomic E-state index is -0.738. The third-order valence-corrected chi connectivity index (χ3v) is 8.14. The van der Waals surface area contributed by atoms with Crippen LogP contribution in [0.1, 0.15) is 48.7 Å². The summed E-state index contributed by atoms with van der Waals surface area (Å²) in [5.74, 6) is -0.117. The molecular formula is C36H27N3O2. The zero-order valence-corrected chi connectivity index (χ0v) is 22.6. The number of imidazole rings is 1. The highest BCUT2D eigenvalue weighted by Crippen LogP contribution is 2.41. The van der Waals surface area contributed by atoms with Crippen molar-refractivity contribution in [3.63, 3.8) is 0 Å². The second-order valence-electron chi connectivity index (χ2n) is 10.5. The first-order valence-corrected chi connectivity index (χ1v) is 13.6. The van der Waals surface area contributed by atoms with Crippen LogP contribution in [0.25, 0.3) is 10.8 Å². The Labute approximate surface area is 238 Å². The largest absolute Gasteiger partial charge is 0.337 e. The highest BCUT2D eigenvalue weighted by atomic mass is 16.2. The van der Waals surface area contributed by atoms with Gasteiger partial charge < -0.3 is 9.47 Å². The molecule has 0 saturated heterocycles. The van der Waals surface area contributed by atoms with Crippen LogP contribution in [0.4, 0.5) is 0 Å². The molecule has 5 aromatic carbocycles. The van der Waals surface area contributed by atoms with Crippen molar-refractivity contribution in [1.82, 2.24) is 14.5 Å². The van der Waals surface area contributed by atoms with Gasteiger partial charge in [-0.3, -0.25) is 9.59 Å². The van der Waals surface area contributed by atoms with Gasteiger partial charge in [0.15, 0.2) is 0 Å². The van der Waals surface area contributed by atoms with E-state index in [4.69, 9.17) is 0 Å². The maximum absolute atomic E-state index is 13.8. The van der Waals surface area contributed by atoms with Crippen molar-refractivity contribution in [1.29, 1.82) is 0 Å². The number of carbonyl (C=O) groups is 2. The quantitative estimate of drug-likeness (QED) is 0.177. The van der Waals surface area contributed by atoms with Crippen LogP contribution in [0.5, 0.6) is 0 Å².